The Hall–Kier alpha value is -2.75. The Bertz CT molecular complexity index is 731. The molecule has 0 N–H and O–H groups in total. The van der Waals surface area contributed by atoms with Crippen LogP contribution in [0, 0.1) is 0 Å². The fourth-order valence-corrected chi connectivity index (χ4v) is 3.01. The maximum absolute atomic E-state index is 12.4. The molecule has 0 saturated carbocycles. The number of carbonyl (C=O) groups excluding carboxylic acids is 3. The fraction of sp³-hybridized carbons (Fsp3) is 0.476. The minimum absolute atomic E-state index is 0.0672. The quantitative estimate of drug-likeness (QED) is 0.333. The molecule has 9 nitrogen and oxygen atoms in total. The fourth-order valence-electron chi connectivity index (χ4n) is 3.01. The van der Waals surface area contributed by atoms with Crippen LogP contribution < -0.4 is 0 Å². The predicted octanol–water partition coefficient (Wildman–Crippen LogP) is 1.54. The number of methoxy groups -OCH3 is 1. The molecule has 0 aliphatic carbocycles. The zero-order valence-electron chi connectivity index (χ0n) is 17.1. The van der Waals surface area contributed by atoms with E-state index in [9.17, 15) is 14.4 Å². The van der Waals surface area contributed by atoms with Gasteiger partial charge in [0.2, 0.25) is 6.29 Å². The van der Waals surface area contributed by atoms with Crippen LogP contribution in [0.4, 0.5) is 0 Å². The highest BCUT2D eigenvalue weighted by molar-refractivity contribution is 5.76. The zero-order valence-corrected chi connectivity index (χ0v) is 17.1. The van der Waals surface area contributed by atoms with Crippen LogP contribution in [0.25, 0.3) is 0 Å². The van der Waals surface area contributed by atoms with E-state index >= 15 is 0 Å². The molecule has 30 heavy (non-hydrogen) atoms. The molecule has 0 amide bonds. The van der Waals surface area contributed by atoms with Gasteiger partial charge in [-0.05, 0) is 5.56 Å². The molecular weight excluding hydrogens is 396 g/mol. The van der Waals surface area contributed by atoms with E-state index in [1.807, 2.05) is 30.3 Å². The molecule has 1 aliphatic heterocycles. The molecule has 0 aromatic heterocycles. The highest BCUT2D eigenvalue weighted by Gasteiger charge is 2.53. The SMILES string of the molecule is C=CCO[C@H]1[C@H](OCc2ccccc2)[C@@H](OC(C)=O)[C@H](OC(C)=O)O[C@H]1C(=O)OC. The highest BCUT2D eigenvalue weighted by atomic mass is 16.7. The molecule has 0 unspecified atom stereocenters. The Morgan fingerprint density at radius 3 is 2.23 bits per heavy atom. The van der Waals surface area contributed by atoms with E-state index in [2.05, 4.69) is 6.58 Å². The summed E-state index contributed by atoms with van der Waals surface area (Å²) in [5.74, 6) is -2.09. The average molecular weight is 422 g/mol. The van der Waals surface area contributed by atoms with Crippen molar-refractivity contribution in [2.45, 2.75) is 51.2 Å². The first-order valence-electron chi connectivity index (χ1n) is 9.33. The third-order valence-electron chi connectivity index (χ3n) is 4.20. The van der Waals surface area contributed by atoms with E-state index in [0.29, 0.717) is 0 Å². The van der Waals surface area contributed by atoms with Crippen LogP contribution in [0.5, 0.6) is 0 Å². The lowest BCUT2D eigenvalue weighted by molar-refractivity contribution is -0.302. The van der Waals surface area contributed by atoms with Crippen LogP contribution in [-0.4, -0.2) is 62.3 Å². The second kappa shape index (κ2) is 11.4. The third-order valence-corrected chi connectivity index (χ3v) is 4.20. The van der Waals surface area contributed by atoms with Gasteiger partial charge in [0.25, 0.3) is 0 Å². The maximum atomic E-state index is 12.4. The van der Waals surface area contributed by atoms with Gasteiger partial charge in [-0.25, -0.2) is 4.79 Å². The highest BCUT2D eigenvalue weighted by Crippen LogP contribution is 2.30. The summed E-state index contributed by atoms with van der Waals surface area (Å²) in [4.78, 5) is 35.7. The standard InChI is InChI=1S/C21H26O9/c1-5-11-26-16-17(27-12-15-9-7-6-8-10-15)19(28-13(2)22)21(29-14(3)23)30-18(16)20(24)25-4/h5-10,16-19,21H,1,11-12H2,2-4H3/t16-,17-,18+,19+,21+/m0/s1. The van der Waals surface area contributed by atoms with Crippen molar-refractivity contribution in [3.05, 3.63) is 48.6 Å². The van der Waals surface area contributed by atoms with Crippen molar-refractivity contribution in [1.29, 1.82) is 0 Å². The summed E-state index contributed by atoms with van der Waals surface area (Å²) in [7, 11) is 1.19. The lowest BCUT2D eigenvalue weighted by atomic mass is 9.97. The Morgan fingerprint density at radius 2 is 1.67 bits per heavy atom. The van der Waals surface area contributed by atoms with Crippen LogP contribution in [0.15, 0.2) is 43.0 Å². The first kappa shape index (κ1) is 23.5. The van der Waals surface area contributed by atoms with Crippen molar-refractivity contribution in [2.75, 3.05) is 13.7 Å². The van der Waals surface area contributed by atoms with Crippen molar-refractivity contribution >= 4 is 17.9 Å². The van der Waals surface area contributed by atoms with E-state index in [1.165, 1.54) is 27.0 Å². The second-order valence-electron chi connectivity index (χ2n) is 6.48. The van der Waals surface area contributed by atoms with Gasteiger partial charge >= 0.3 is 17.9 Å². The number of carbonyl (C=O) groups is 3. The van der Waals surface area contributed by atoms with Gasteiger partial charge in [-0.3, -0.25) is 9.59 Å². The molecule has 1 aromatic carbocycles. The van der Waals surface area contributed by atoms with Crippen molar-refractivity contribution in [2.24, 2.45) is 0 Å². The van der Waals surface area contributed by atoms with Gasteiger partial charge in [0.1, 0.15) is 12.2 Å². The summed E-state index contributed by atoms with van der Waals surface area (Å²) in [5, 5.41) is 0. The molecule has 1 heterocycles. The third kappa shape index (κ3) is 6.38. The minimum Gasteiger partial charge on any atom is -0.467 e. The minimum atomic E-state index is -1.39. The van der Waals surface area contributed by atoms with Crippen molar-refractivity contribution in [3.63, 3.8) is 0 Å². The summed E-state index contributed by atoms with van der Waals surface area (Å²) >= 11 is 0. The molecule has 2 rings (SSSR count). The van der Waals surface area contributed by atoms with E-state index in [4.69, 9.17) is 28.4 Å². The molecule has 1 saturated heterocycles. The summed E-state index contributed by atoms with van der Waals surface area (Å²) in [5.41, 5.74) is 0.840. The monoisotopic (exact) mass is 422 g/mol. The maximum Gasteiger partial charge on any atom is 0.338 e. The Labute approximate surface area is 174 Å². The van der Waals surface area contributed by atoms with Gasteiger partial charge in [-0.15, -0.1) is 6.58 Å². The molecule has 9 heteroatoms. The van der Waals surface area contributed by atoms with Crippen LogP contribution in [0.3, 0.4) is 0 Å². The molecule has 0 spiro atoms. The zero-order chi connectivity index (χ0) is 22.1. The van der Waals surface area contributed by atoms with Gasteiger partial charge in [-0.1, -0.05) is 36.4 Å². The normalized spacial score (nSPS) is 25.8. The number of hydrogen-bond acceptors (Lipinski definition) is 9. The molecule has 1 aliphatic rings. The van der Waals surface area contributed by atoms with Gasteiger partial charge < -0.3 is 28.4 Å². The Kier molecular flexibility index (Phi) is 8.97. The average Bonchev–Trinajstić information content (AvgIpc) is 2.72. The predicted molar refractivity (Wildman–Crippen MR) is 103 cm³/mol. The van der Waals surface area contributed by atoms with Crippen LogP contribution in [0.2, 0.25) is 0 Å². The first-order valence-corrected chi connectivity index (χ1v) is 9.33. The number of ether oxygens (including phenoxy) is 6. The van der Waals surface area contributed by atoms with Crippen LogP contribution >= 0.6 is 0 Å². The lowest BCUT2D eigenvalue weighted by Gasteiger charge is -2.43. The Morgan fingerprint density at radius 1 is 1.00 bits per heavy atom. The molecule has 5 atom stereocenters. The van der Waals surface area contributed by atoms with Crippen molar-refractivity contribution in [3.8, 4) is 0 Å². The van der Waals surface area contributed by atoms with E-state index in [-0.39, 0.29) is 13.2 Å². The van der Waals surface area contributed by atoms with Gasteiger partial charge in [0, 0.05) is 13.8 Å². The summed E-state index contributed by atoms with van der Waals surface area (Å²) in [6, 6.07) is 9.25. The number of benzene rings is 1. The van der Waals surface area contributed by atoms with E-state index in [0.717, 1.165) is 5.56 Å². The lowest BCUT2D eigenvalue weighted by Crippen LogP contribution is -2.63. The molecule has 164 valence electrons. The van der Waals surface area contributed by atoms with Crippen molar-refractivity contribution in [1.82, 2.24) is 0 Å². The number of hydrogen-bond donors (Lipinski definition) is 0. The molecule has 0 radical (unpaired) electrons. The summed E-state index contributed by atoms with van der Waals surface area (Å²) in [6.07, 6.45) is -4.38. The van der Waals surface area contributed by atoms with Gasteiger partial charge in [0.05, 0.1) is 20.3 Å². The smallest absolute Gasteiger partial charge is 0.338 e. The summed E-state index contributed by atoms with van der Waals surface area (Å²) < 4.78 is 32.7. The number of esters is 3. The van der Waals surface area contributed by atoms with E-state index in [1.54, 1.807) is 0 Å². The van der Waals surface area contributed by atoms with Gasteiger partial charge in [-0.2, -0.15) is 0 Å². The molecule has 0 bridgehead atoms. The molecule has 1 fully saturated rings. The largest absolute Gasteiger partial charge is 0.467 e. The molecule has 1 aromatic rings. The van der Waals surface area contributed by atoms with Crippen molar-refractivity contribution < 1.29 is 42.8 Å². The van der Waals surface area contributed by atoms with Crippen LogP contribution in [-0.2, 0) is 49.4 Å². The Balaban J connectivity index is 2.40. The summed E-state index contributed by atoms with van der Waals surface area (Å²) in [6.45, 7) is 6.16. The topological polar surface area (TPSA) is 107 Å². The number of rotatable bonds is 9. The first-order chi connectivity index (χ1) is 14.4. The van der Waals surface area contributed by atoms with Gasteiger partial charge in [0.15, 0.2) is 12.2 Å². The molecular formula is C21H26O9. The van der Waals surface area contributed by atoms with E-state index < -0.39 is 48.6 Å². The van der Waals surface area contributed by atoms with Crippen LogP contribution in [0.1, 0.15) is 19.4 Å². The second-order valence-corrected chi connectivity index (χ2v) is 6.48.